The molecule has 0 saturated carbocycles. The maximum absolute atomic E-state index is 11.9. The van der Waals surface area contributed by atoms with Crippen LogP contribution >= 0.6 is 11.6 Å². The summed E-state index contributed by atoms with van der Waals surface area (Å²) in [5, 5.41) is 5.59. The average Bonchev–Trinajstić information content (AvgIpc) is 2.55. The number of methoxy groups -OCH3 is 1. The summed E-state index contributed by atoms with van der Waals surface area (Å²) < 4.78 is 4.82. The fourth-order valence-corrected chi connectivity index (χ4v) is 2.70. The molecule has 7 nitrogen and oxygen atoms in total. The van der Waals surface area contributed by atoms with Crippen molar-refractivity contribution in [1.82, 2.24) is 15.5 Å². The molecule has 0 atom stereocenters. The first kappa shape index (κ1) is 18.5. The highest BCUT2D eigenvalue weighted by Crippen LogP contribution is 2.20. The van der Waals surface area contributed by atoms with Gasteiger partial charge < -0.3 is 15.0 Å². The van der Waals surface area contributed by atoms with Crippen LogP contribution in [0.4, 0.5) is 10.5 Å². The second-order valence-corrected chi connectivity index (χ2v) is 5.98. The van der Waals surface area contributed by atoms with Crippen LogP contribution < -0.4 is 15.5 Å². The Morgan fingerprint density at radius 1 is 1.25 bits per heavy atom. The Morgan fingerprint density at radius 3 is 2.67 bits per heavy atom. The van der Waals surface area contributed by atoms with Crippen molar-refractivity contribution < 1.29 is 14.3 Å². The monoisotopic (exact) mass is 354 g/mol. The Morgan fingerprint density at radius 2 is 2.00 bits per heavy atom. The van der Waals surface area contributed by atoms with E-state index in [1.165, 1.54) is 0 Å². The quantitative estimate of drug-likeness (QED) is 0.744. The van der Waals surface area contributed by atoms with Gasteiger partial charge in [-0.15, -0.1) is 0 Å². The van der Waals surface area contributed by atoms with Gasteiger partial charge in [-0.3, -0.25) is 15.0 Å². The standard InChI is InChI=1S/C16H23ClN4O3/c1-24-10-5-18-16(23)19-15(22)12-20-6-8-21(9-7-20)14-4-2-3-13(17)11-14/h2-4,11H,5-10,12H2,1H3,(H2,18,19,22,23). The van der Waals surface area contributed by atoms with Crippen LogP contribution in [0.15, 0.2) is 24.3 Å². The molecule has 0 radical (unpaired) electrons. The van der Waals surface area contributed by atoms with Crippen LogP contribution in [0.1, 0.15) is 0 Å². The van der Waals surface area contributed by atoms with E-state index < -0.39 is 6.03 Å². The number of ether oxygens (including phenoxy) is 1. The van der Waals surface area contributed by atoms with Gasteiger partial charge in [0, 0.05) is 50.5 Å². The summed E-state index contributed by atoms with van der Waals surface area (Å²) >= 11 is 6.02. The average molecular weight is 355 g/mol. The maximum atomic E-state index is 11.9. The largest absolute Gasteiger partial charge is 0.383 e. The second-order valence-electron chi connectivity index (χ2n) is 5.54. The summed E-state index contributed by atoms with van der Waals surface area (Å²) in [6.07, 6.45) is 0. The third kappa shape index (κ3) is 5.99. The molecule has 2 N–H and O–H groups in total. The van der Waals surface area contributed by atoms with Gasteiger partial charge in [0.15, 0.2) is 0 Å². The molecule has 2 rings (SSSR count). The van der Waals surface area contributed by atoms with Crippen LogP contribution in [0.5, 0.6) is 0 Å². The predicted octanol–water partition coefficient (Wildman–Crippen LogP) is 0.934. The highest BCUT2D eigenvalue weighted by Gasteiger charge is 2.20. The van der Waals surface area contributed by atoms with Crippen LogP contribution in [-0.2, 0) is 9.53 Å². The Balaban J connectivity index is 1.70. The lowest BCUT2D eigenvalue weighted by Crippen LogP contribution is -2.51. The molecule has 1 aliphatic rings. The van der Waals surface area contributed by atoms with Gasteiger partial charge in [0.05, 0.1) is 13.2 Å². The number of carbonyl (C=O) groups is 2. The van der Waals surface area contributed by atoms with E-state index in [1.807, 2.05) is 29.2 Å². The van der Waals surface area contributed by atoms with Crippen molar-refractivity contribution in [2.24, 2.45) is 0 Å². The Kier molecular flexibility index (Phi) is 7.30. The van der Waals surface area contributed by atoms with E-state index in [4.69, 9.17) is 16.3 Å². The number of imide groups is 1. The number of hydrogen-bond acceptors (Lipinski definition) is 5. The number of nitrogens with one attached hydrogen (secondary N) is 2. The number of piperazine rings is 1. The van der Waals surface area contributed by atoms with Crippen LogP contribution in [0.2, 0.25) is 5.02 Å². The van der Waals surface area contributed by atoms with Crippen LogP contribution in [-0.4, -0.2) is 69.8 Å². The molecule has 0 aliphatic carbocycles. The number of amides is 3. The zero-order valence-electron chi connectivity index (χ0n) is 13.8. The summed E-state index contributed by atoms with van der Waals surface area (Å²) in [6, 6.07) is 7.25. The smallest absolute Gasteiger partial charge is 0.321 e. The second kappa shape index (κ2) is 9.46. The van der Waals surface area contributed by atoms with Gasteiger partial charge in [-0.1, -0.05) is 17.7 Å². The Bertz CT molecular complexity index is 562. The van der Waals surface area contributed by atoms with E-state index in [1.54, 1.807) is 7.11 Å². The lowest BCUT2D eigenvalue weighted by molar-refractivity contribution is -0.121. The molecule has 1 aliphatic heterocycles. The van der Waals surface area contributed by atoms with Crippen molar-refractivity contribution in [3.8, 4) is 0 Å². The number of carbonyl (C=O) groups excluding carboxylic acids is 2. The van der Waals surface area contributed by atoms with E-state index in [0.717, 1.165) is 31.9 Å². The minimum atomic E-state index is -0.491. The number of benzene rings is 1. The summed E-state index contributed by atoms with van der Waals surface area (Å²) in [6.45, 7) is 4.12. The summed E-state index contributed by atoms with van der Waals surface area (Å²) in [5.41, 5.74) is 1.09. The van der Waals surface area contributed by atoms with Gasteiger partial charge in [-0.05, 0) is 18.2 Å². The number of nitrogens with zero attached hydrogens (tertiary/aromatic N) is 2. The molecular formula is C16H23ClN4O3. The Labute approximate surface area is 146 Å². The van der Waals surface area contributed by atoms with E-state index in [9.17, 15) is 9.59 Å². The highest BCUT2D eigenvalue weighted by molar-refractivity contribution is 6.30. The molecule has 0 spiro atoms. The first-order valence-corrected chi connectivity index (χ1v) is 8.26. The summed E-state index contributed by atoms with van der Waals surface area (Å²) in [4.78, 5) is 27.6. The third-order valence-electron chi connectivity index (χ3n) is 3.76. The van der Waals surface area contributed by atoms with Crippen LogP contribution in [0, 0.1) is 0 Å². The van der Waals surface area contributed by atoms with Crippen molar-refractivity contribution in [3.63, 3.8) is 0 Å². The molecule has 1 heterocycles. The van der Waals surface area contributed by atoms with Gasteiger partial charge in [-0.25, -0.2) is 4.79 Å². The fourth-order valence-electron chi connectivity index (χ4n) is 2.52. The molecule has 8 heteroatoms. The molecule has 24 heavy (non-hydrogen) atoms. The van der Waals surface area contributed by atoms with Gasteiger partial charge in [0.1, 0.15) is 0 Å². The lowest BCUT2D eigenvalue weighted by Gasteiger charge is -2.35. The zero-order valence-corrected chi connectivity index (χ0v) is 14.5. The molecule has 1 aromatic rings. The number of rotatable bonds is 6. The number of halogens is 1. The van der Waals surface area contributed by atoms with Gasteiger partial charge in [0.25, 0.3) is 0 Å². The molecule has 3 amide bonds. The van der Waals surface area contributed by atoms with E-state index in [2.05, 4.69) is 15.5 Å². The number of anilines is 1. The third-order valence-corrected chi connectivity index (χ3v) is 3.99. The molecule has 0 bridgehead atoms. The van der Waals surface area contributed by atoms with Crippen LogP contribution in [0.3, 0.4) is 0 Å². The molecule has 0 aromatic heterocycles. The van der Waals surface area contributed by atoms with Crippen molar-refractivity contribution in [3.05, 3.63) is 29.3 Å². The van der Waals surface area contributed by atoms with Crippen molar-refractivity contribution in [1.29, 1.82) is 0 Å². The van der Waals surface area contributed by atoms with Crippen molar-refractivity contribution in [2.45, 2.75) is 0 Å². The molecule has 0 unspecified atom stereocenters. The number of hydrogen-bond donors (Lipinski definition) is 2. The molecule has 1 fully saturated rings. The lowest BCUT2D eigenvalue weighted by atomic mass is 10.2. The van der Waals surface area contributed by atoms with E-state index >= 15 is 0 Å². The number of urea groups is 1. The minimum Gasteiger partial charge on any atom is -0.383 e. The van der Waals surface area contributed by atoms with Gasteiger partial charge in [-0.2, -0.15) is 0 Å². The zero-order chi connectivity index (χ0) is 17.4. The fraction of sp³-hybridized carbons (Fsp3) is 0.500. The normalized spacial score (nSPS) is 15.2. The maximum Gasteiger partial charge on any atom is 0.321 e. The molecular weight excluding hydrogens is 332 g/mol. The van der Waals surface area contributed by atoms with Crippen molar-refractivity contribution in [2.75, 3.05) is 57.9 Å². The highest BCUT2D eigenvalue weighted by atomic mass is 35.5. The molecule has 132 valence electrons. The summed E-state index contributed by atoms with van der Waals surface area (Å²) in [5.74, 6) is -0.305. The van der Waals surface area contributed by atoms with Gasteiger partial charge >= 0.3 is 6.03 Å². The molecule has 1 aromatic carbocycles. The molecule has 1 saturated heterocycles. The Hall–Kier alpha value is -1.83. The SMILES string of the molecule is COCCNC(=O)NC(=O)CN1CCN(c2cccc(Cl)c2)CC1. The van der Waals surface area contributed by atoms with E-state index in [-0.39, 0.29) is 12.5 Å². The first-order chi connectivity index (χ1) is 11.6. The first-order valence-electron chi connectivity index (χ1n) is 7.88. The van der Waals surface area contributed by atoms with Crippen LogP contribution in [0.25, 0.3) is 0 Å². The topological polar surface area (TPSA) is 73.9 Å². The van der Waals surface area contributed by atoms with Crippen molar-refractivity contribution >= 4 is 29.2 Å². The minimum absolute atomic E-state index is 0.209. The van der Waals surface area contributed by atoms with Gasteiger partial charge in [0.2, 0.25) is 5.91 Å². The predicted molar refractivity (Wildman–Crippen MR) is 93.5 cm³/mol. The summed E-state index contributed by atoms with van der Waals surface area (Å²) in [7, 11) is 1.55. The van der Waals surface area contributed by atoms with E-state index in [0.29, 0.717) is 18.2 Å².